The van der Waals surface area contributed by atoms with E-state index in [1.54, 1.807) is 24.3 Å². The third kappa shape index (κ3) is 5.05. The zero-order chi connectivity index (χ0) is 18.4. The van der Waals surface area contributed by atoms with Crippen molar-refractivity contribution in [3.8, 4) is 0 Å². The number of carbonyl (C=O) groups is 3. The summed E-state index contributed by atoms with van der Waals surface area (Å²) >= 11 is 0. The number of amides is 2. The largest absolute Gasteiger partial charge is 0.481 e. The molecule has 0 radical (unpaired) electrons. The standard InChI is InChI=1S/C19H26N2O4/c1-13(2)12-19(9-3-10-19)18(25)21-15-6-4-14(5-7-15)17(24)20-11-8-16(22)23/h4-7,13H,3,8-12H2,1-2H3,(H,20,24)(H,21,25)(H,22,23). The van der Waals surface area contributed by atoms with Crippen LogP contribution < -0.4 is 10.6 Å². The van der Waals surface area contributed by atoms with Crippen molar-refractivity contribution in [2.75, 3.05) is 11.9 Å². The van der Waals surface area contributed by atoms with E-state index >= 15 is 0 Å². The molecule has 2 rings (SSSR count). The summed E-state index contributed by atoms with van der Waals surface area (Å²) in [5.74, 6) is -0.742. The van der Waals surface area contributed by atoms with E-state index in [0.717, 1.165) is 25.7 Å². The molecule has 1 aliphatic carbocycles. The van der Waals surface area contributed by atoms with Gasteiger partial charge in [0.15, 0.2) is 0 Å². The van der Waals surface area contributed by atoms with Crippen LogP contribution in [-0.4, -0.2) is 29.4 Å². The highest BCUT2D eigenvalue weighted by atomic mass is 16.4. The van der Waals surface area contributed by atoms with E-state index in [0.29, 0.717) is 17.2 Å². The molecule has 0 atom stereocenters. The van der Waals surface area contributed by atoms with Crippen LogP contribution in [0.25, 0.3) is 0 Å². The van der Waals surface area contributed by atoms with Gasteiger partial charge in [0.25, 0.3) is 5.91 Å². The number of carboxylic acids is 1. The Balaban J connectivity index is 1.92. The zero-order valence-electron chi connectivity index (χ0n) is 14.8. The maximum atomic E-state index is 12.6. The van der Waals surface area contributed by atoms with Gasteiger partial charge in [0.1, 0.15) is 0 Å². The predicted molar refractivity (Wildman–Crippen MR) is 95.4 cm³/mol. The molecule has 0 unspecified atom stereocenters. The molecule has 1 saturated carbocycles. The van der Waals surface area contributed by atoms with Gasteiger partial charge in [0.2, 0.25) is 5.91 Å². The first-order chi connectivity index (χ1) is 11.8. The van der Waals surface area contributed by atoms with Crippen LogP contribution >= 0.6 is 0 Å². The lowest BCUT2D eigenvalue weighted by atomic mass is 9.64. The van der Waals surface area contributed by atoms with E-state index in [9.17, 15) is 14.4 Å². The minimum absolute atomic E-state index is 0.0612. The fourth-order valence-corrected chi connectivity index (χ4v) is 3.26. The topological polar surface area (TPSA) is 95.5 Å². The van der Waals surface area contributed by atoms with Gasteiger partial charge < -0.3 is 15.7 Å². The summed E-state index contributed by atoms with van der Waals surface area (Å²) in [6.45, 7) is 4.35. The maximum Gasteiger partial charge on any atom is 0.305 e. The molecule has 3 N–H and O–H groups in total. The molecule has 0 aromatic heterocycles. The summed E-state index contributed by atoms with van der Waals surface area (Å²) in [5, 5.41) is 14.1. The number of hydrogen-bond donors (Lipinski definition) is 3. The van der Waals surface area contributed by atoms with Gasteiger partial charge >= 0.3 is 5.97 Å². The normalized spacial score (nSPS) is 15.3. The molecule has 1 aromatic carbocycles. The Morgan fingerprint density at radius 3 is 2.28 bits per heavy atom. The molecule has 1 fully saturated rings. The van der Waals surface area contributed by atoms with Gasteiger partial charge in [0.05, 0.1) is 6.42 Å². The summed E-state index contributed by atoms with van der Waals surface area (Å²) in [6, 6.07) is 6.65. The highest BCUT2D eigenvalue weighted by Gasteiger charge is 2.44. The summed E-state index contributed by atoms with van der Waals surface area (Å²) in [7, 11) is 0. The van der Waals surface area contributed by atoms with Gasteiger partial charge in [-0.3, -0.25) is 14.4 Å². The first-order valence-corrected chi connectivity index (χ1v) is 8.74. The van der Waals surface area contributed by atoms with Crippen LogP contribution in [-0.2, 0) is 9.59 Å². The Morgan fingerprint density at radius 2 is 1.80 bits per heavy atom. The number of anilines is 1. The van der Waals surface area contributed by atoms with E-state index in [-0.39, 0.29) is 30.2 Å². The van der Waals surface area contributed by atoms with Crippen LogP contribution in [0.15, 0.2) is 24.3 Å². The number of carbonyl (C=O) groups excluding carboxylic acids is 2. The first-order valence-electron chi connectivity index (χ1n) is 8.74. The molecule has 6 heteroatoms. The Labute approximate surface area is 148 Å². The summed E-state index contributed by atoms with van der Waals surface area (Å²) in [5.41, 5.74) is 0.854. The van der Waals surface area contributed by atoms with Crippen molar-refractivity contribution in [2.45, 2.75) is 46.0 Å². The zero-order valence-corrected chi connectivity index (χ0v) is 14.8. The highest BCUT2D eigenvalue weighted by molar-refractivity contribution is 5.97. The number of aliphatic carboxylic acids is 1. The van der Waals surface area contributed by atoms with Crippen molar-refractivity contribution in [2.24, 2.45) is 11.3 Å². The quantitative estimate of drug-likeness (QED) is 0.674. The Kier molecular flexibility index (Phi) is 6.17. The SMILES string of the molecule is CC(C)CC1(C(=O)Nc2ccc(C(=O)NCCC(=O)O)cc2)CCC1. The van der Waals surface area contributed by atoms with E-state index in [1.165, 1.54) is 0 Å². The second-order valence-corrected chi connectivity index (χ2v) is 7.16. The molecule has 136 valence electrons. The number of nitrogens with one attached hydrogen (secondary N) is 2. The Bertz CT molecular complexity index is 633. The fraction of sp³-hybridized carbons (Fsp3) is 0.526. The predicted octanol–water partition coefficient (Wildman–Crippen LogP) is 3.05. The minimum atomic E-state index is -0.954. The number of rotatable bonds is 8. The van der Waals surface area contributed by atoms with Crippen LogP contribution in [0.5, 0.6) is 0 Å². The molecule has 6 nitrogen and oxygen atoms in total. The monoisotopic (exact) mass is 346 g/mol. The third-order valence-corrected chi connectivity index (χ3v) is 4.62. The first kappa shape index (κ1) is 19.0. The average molecular weight is 346 g/mol. The minimum Gasteiger partial charge on any atom is -0.481 e. The second-order valence-electron chi connectivity index (χ2n) is 7.16. The molecule has 25 heavy (non-hydrogen) atoms. The fourth-order valence-electron chi connectivity index (χ4n) is 3.26. The van der Waals surface area contributed by atoms with Crippen LogP contribution in [0.4, 0.5) is 5.69 Å². The van der Waals surface area contributed by atoms with Crippen LogP contribution in [0.2, 0.25) is 0 Å². The van der Waals surface area contributed by atoms with Crippen LogP contribution in [0.3, 0.4) is 0 Å². The van der Waals surface area contributed by atoms with Gasteiger partial charge in [-0.25, -0.2) is 0 Å². The Morgan fingerprint density at radius 1 is 1.16 bits per heavy atom. The van der Waals surface area contributed by atoms with E-state index < -0.39 is 5.97 Å². The van der Waals surface area contributed by atoms with Crippen LogP contribution in [0, 0.1) is 11.3 Å². The van der Waals surface area contributed by atoms with Crippen molar-refractivity contribution >= 4 is 23.5 Å². The summed E-state index contributed by atoms with van der Waals surface area (Å²) in [6.07, 6.45) is 3.73. The number of hydrogen-bond acceptors (Lipinski definition) is 3. The third-order valence-electron chi connectivity index (χ3n) is 4.62. The molecular formula is C19H26N2O4. The molecule has 0 saturated heterocycles. The van der Waals surface area contributed by atoms with Gasteiger partial charge in [-0.2, -0.15) is 0 Å². The van der Waals surface area contributed by atoms with Gasteiger partial charge in [-0.15, -0.1) is 0 Å². The average Bonchev–Trinajstić information content (AvgIpc) is 2.50. The molecular weight excluding hydrogens is 320 g/mol. The maximum absolute atomic E-state index is 12.6. The molecule has 1 aliphatic rings. The summed E-state index contributed by atoms with van der Waals surface area (Å²) < 4.78 is 0. The van der Waals surface area contributed by atoms with Crippen molar-refractivity contribution in [1.82, 2.24) is 5.32 Å². The second kappa shape index (κ2) is 8.14. The molecule has 2 amide bonds. The molecule has 0 aliphatic heterocycles. The lowest BCUT2D eigenvalue weighted by molar-refractivity contribution is -0.136. The highest BCUT2D eigenvalue weighted by Crippen LogP contribution is 2.46. The smallest absolute Gasteiger partial charge is 0.305 e. The molecule has 1 aromatic rings. The molecule has 0 heterocycles. The van der Waals surface area contributed by atoms with Gasteiger partial charge in [-0.1, -0.05) is 20.3 Å². The van der Waals surface area contributed by atoms with Crippen molar-refractivity contribution in [3.63, 3.8) is 0 Å². The van der Waals surface area contributed by atoms with Crippen molar-refractivity contribution in [3.05, 3.63) is 29.8 Å². The number of carboxylic acid groups (broad SMARTS) is 1. The van der Waals surface area contributed by atoms with E-state index in [1.807, 2.05) is 0 Å². The van der Waals surface area contributed by atoms with Gasteiger partial charge in [-0.05, 0) is 49.4 Å². The molecule has 0 spiro atoms. The van der Waals surface area contributed by atoms with E-state index in [4.69, 9.17) is 5.11 Å². The lowest BCUT2D eigenvalue weighted by Gasteiger charge is -2.41. The Hall–Kier alpha value is -2.37. The van der Waals surface area contributed by atoms with Crippen molar-refractivity contribution < 1.29 is 19.5 Å². The lowest BCUT2D eigenvalue weighted by Crippen LogP contribution is -2.42. The summed E-state index contributed by atoms with van der Waals surface area (Å²) in [4.78, 5) is 35.0. The van der Waals surface area contributed by atoms with Crippen molar-refractivity contribution in [1.29, 1.82) is 0 Å². The molecule has 0 bridgehead atoms. The van der Waals surface area contributed by atoms with Crippen LogP contribution in [0.1, 0.15) is 56.3 Å². The number of benzene rings is 1. The van der Waals surface area contributed by atoms with Gasteiger partial charge in [0, 0.05) is 23.2 Å². The van der Waals surface area contributed by atoms with E-state index in [2.05, 4.69) is 24.5 Å².